The molecule has 1 aromatic rings. The van der Waals surface area contributed by atoms with Crippen molar-refractivity contribution < 1.29 is 14.5 Å². The smallest absolute Gasteiger partial charge is 0.309 e. The van der Waals surface area contributed by atoms with Gasteiger partial charge in [-0.15, -0.1) is 0 Å². The van der Waals surface area contributed by atoms with Gasteiger partial charge in [-0.05, 0) is 13.8 Å². The number of aromatic nitrogens is 2. The average molecular weight is 311 g/mol. The van der Waals surface area contributed by atoms with Crippen LogP contribution in [0.25, 0.3) is 0 Å². The van der Waals surface area contributed by atoms with Crippen LogP contribution in [0.15, 0.2) is 6.20 Å². The van der Waals surface area contributed by atoms with Gasteiger partial charge in [-0.1, -0.05) is 0 Å². The summed E-state index contributed by atoms with van der Waals surface area (Å²) in [6.45, 7) is 7.70. The molecule has 9 heteroatoms. The molecule has 0 aromatic carbocycles. The van der Waals surface area contributed by atoms with Gasteiger partial charge in [-0.2, -0.15) is 5.10 Å². The van der Waals surface area contributed by atoms with Crippen molar-refractivity contribution in [3.05, 3.63) is 22.0 Å². The third kappa shape index (κ3) is 4.01. The molecule has 1 N–H and O–H groups in total. The lowest BCUT2D eigenvalue weighted by atomic mass is 10.3. The second-order valence-electron chi connectivity index (χ2n) is 5.26. The van der Waals surface area contributed by atoms with Crippen molar-refractivity contribution in [1.29, 1.82) is 0 Å². The Bertz CT molecular complexity index is 539. The first-order valence-electron chi connectivity index (χ1n) is 7.27. The Balaban J connectivity index is 1.83. The molecule has 0 spiro atoms. The highest BCUT2D eigenvalue weighted by atomic mass is 16.6. The molecule has 2 rings (SSSR count). The third-order valence-electron chi connectivity index (χ3n) is 3.69. The van der Waals surface area contributed by atoms with Crippen molar-refractivity contribution in [3.8, 4) is 0 Å². The van der Waals surface area contributed by atoms with Crippen LogP contribution in [0.1, 0.15) is 18.7 Å². The van der Waals surface area contributed by atoms with Gasteiger partial charge < -0.3 is 10.1 Å². The Labute approximate surface area is 128 Å². The van der Waals surface area contributed by atoms with Gasteiger partial charge in [-0.25, -0.2) is 0 Å². The molecule has 1 aliphatic rings. The molecule has 9 nitrogen and oxygen atoms in total. The number of nitrogens with one attached hydrogen (secondary N) is 1. The second-order valence-corrected chi connectivity index (χ2v) is 5.26. The van der Waals surface area contributed by atoms with Crippen molar-refractivity contribution in [2.24, 2.45) is 0 Å². The summed E-state index contributed by atoms with van der Waals surface area (Å²) < 4.78 is 6.59. The first-order chi connectivity index (χ1) is 10.5. The third-order valence-corrected chi connectivity index (χ3v) is 3.69. The van der Waals surface area contributed by atoms with Crippen molar-refractivity contribution in [2.75, 3.05) is 39.4 Å². The zero-order valence-corrected chi connectivity index (χ0v) is 12.8. The Hall–Kier alpha value is -2.00. The van der Waals surface area contributed by atoms with Crippen LogP contribution in [0.3, 0.4) is 0 Å². The molecule has 22 heavy (non-hydrogen) atoms. The summed E-state index contributed by atoms with van der Waals surface area (Å²) in [6, 6.07) is -0.586. The van der Waals surface area contributed by atoms with E-state index in [-0.39, 0.29) is 11.6 Å². The van der Waals surface area contributed by atoms with Crippen LogP contribution in [0.4, 0.5) is 5.69 Å². The number of hydrogen-bond donors (Lipinski definition) is 1. The molecular weight excluding hydrogens is 290 g/mol. The molecule has 0 bridgehead atoms. The molecule has 1 saturated heterocycles. The number of carbonyl (C=O) groups is 1. The highest BCUT2D eigenvalue weighted by Gasteiger charge is 2.22. The number of nitro groups is 1. The van der Waals surface area contributed by atoms with Gasteiger partial charge in [0.05, 0.1) is 18.1 Å². The molecule has 1 unspecified atom stereocenters. The maximum atomic E-state index is 12.1. The summed E-state index contributed by atoms with van der Waals surface area (Å²) in [5.74, 6) is -0.203. The number of carbonyl (C=O) groups excluding carboxylic acids is 1. The summed E-state index contributed by atoms with van der Waals surface area (Å²) in [7, 11) is 0. The van der Waals surface area contributed by atoms with Gasteiger partial charge in [0.1, 0.15) is 17.9 Å². The fraction of sp³-hybridized carbons (Fsp3) is 0.692. The van der Waals surface area contributed by atoms with Crippen LogP contribution < -0.4 is 5.32 Å². The van der Waals surface area contributed by atoms with Gasteiger partial charge in [-0.3, -0.25) is 24.5 Å². The second kappa shape index (κ2) is 7.32. The van der Waals surface area contributed by atoms with Crippen LogP contribution in [-0.2, 0) is 9.53 Å². The normalized spacial score (nSPS) is 17.2. The van der Waals surface area contributed by atoms with E-state index in [1.807, 2.05) is 0 Å². The first kappa shape index (κ1) is 16.4. The summed E-state index contributed by atoms with van der Waals surface area (Å²) in [5.41, 5.74) is 0.228. The quantitative estimate of drug-likeness (QED) is 0.591. The average Bonchev–Trinajstić information content (AvgIpc) is 2.89. The highest BCUT2D eigenvalue weighted by molar-refractivity contribution is 5.79. The van der Waals surface area contributed by atoms with Gasteiger partial charge in [0.25, 0.3) is 0 Å². The molecule has 1 atom stereocenters. The van der Waals surface area contributed by atoms with Crippen molar-refractivity contribution in [1.82, 2.24) is 20.0 Å². The number of rotatable bonds is 6. The van der Waals surface area contributed by atoms with E-state index in [0.29, 0.717) is 12.2 Å². The minimum atomic E-state index is -0.586. The van der Waals surface area contributed by atoms with E-state index in [0.717, 1.165) is 32.8 Å². The van der Waals surface area contributed by atoms with Crippen LogP contribution in [0.5, 0.6) is 0 Å². The lowest BCUT2D eigenvalue weighted by Gasteiger charge is -2.26. The van der Waals surface area contributed by atoms with E-state index in [1.165, 1.54) is 10.9 Å². The molecule has 1 amide bonds. The van der Waals surface area contributed by atoms with E-state index in [9.17, 15) is 14.9 Å². The molecule has 1 fully saturated rings. The number of aryl methyl sites for hydroxylation is 1. The van der Waals surface area contributed by atoms with E-state index < -0.39 is 11.0 Å². The number of nitrogens with zero attached hydrogens (tertiary/aromatic N) is 4. The maximum Gasteiger partial charge on any atom is 0.309 e. The summed E-state index contributed by atoms with van der Waals surface area (Å²) >= 11 is 0. The van der Waals surface area contributed by atoms with Crippen molar-refractivity contribution >= 4 is 11.6 Å². The minimum absolute atomic E-state index is 0.0760. The minimum Gasteiger partial charge on any atom is -0.379 e. The van der Waals surface area contributed by atoms with Crippen LogP contribution in [0.2, 0.25) is 0 Å². The summed E-state index contributed by atoms with van der Waals surface area (Å²) in [4.78, 5) is 24.6. The molecular formula is C13H21N5O4. The summed E-state index contributed by atoms with van der Waals surface area (Å²) in [6.07, 6.45) is 1.29. The molecule has 1 aliphatic heterocycles. The number of hydrogen-bond acceptors (Lipinski definition) is 6. The predicted molar refractivity (Wildman–Crippen MR) is 78.6 cm³/mol. The summed E-state index contributed by atoms with van der Waals surface area (Å²) in [5, 5.41) is 17.7. The topological polar surface area (TPSA) is 103 Å². The van der Waals surface area contributed by atoms with Gasteiger partial charge in [0, 0.05) is 26.2 Å². The van der Waals surface area contributed by atoms with Crippen molar-refractivity contribution in [3.63, 3.8) is 0 Å². The zero-order valence-electron chi connectivity index (χ0n) is 12.8. The fourth-order valence-corrected chi connectivity index (χ4v) is 2.28. The lowest BCUT2D eigenvalue weighted by Crippen LogP contribution is -2.42. The Kier molecular flexibility index (Phi) is 5.45. The number of amides is 1. The standard InChI is InChI=1S/C13H21N5O4/c1-10-12(18(20)21)9-17(15-10)11(2)13(19)14-3-4-16-5-7-22-8-6-16/h9,11H,3-8H2,1-2H3,(H,14,19). The Morgan fingerprint density at radius 2 is 2.23 bits per heavy atom. The largest absolute Gasteiger partial charge is 0.379 e. The molecule has 0 saturated carbocycles. The highest BCUT2D eigenvalue weighted by Crippen LogP contribution is 2.18. The van der Waals surface area contributed by atoms with Crippen molar-refractivity contribution in [2.45, 2.75) is 19.9 Å². The van der Waals surface area contributed by atoms with E-state index >= 15 is 0 Å². The molecule has 122 valence electrons. The van der Waals surface area contributed by atoms with E-state index in [1.54, 1.807) is 13.8 Å². The maximum absolute atomic E-state index is 12.1. The first-order valence-corrected chi connectivity index (χ1v) is 7.27. The van der Waals surface area contributed by atoms with Gasteiger partial charge in [0.2, 0.25) is 5.91 Å². The Morgan fingerprint density at radius 3 is 2.82 bits per heavy atom. The predicted octanol–water partition coefficient (Wildman–Crippen LogP) is 0.109. The SMILES string of the molecule is Cc1nn(C(C)C(=O)NCCN2CCOCC2)cc1[N+](=O)[O-]. The Morgan fingerprint density at radius 1 is 1.55 bits per heavy atom. The zero-order chi connectivity index (χ0) is 16.1. The molecule has 2 heterocycles. The van der Waals surface area contributed by atoms with E-state index in [2.05, 4.69) is 15.3 Å². The molecule has 0 radical (unpaired) electrons. The monoisotopic (exact) mass is 311 g/mol. The number of morpholine rings is 1. The molecule has 0 aliphatic carbocycles. The van der Waals surface area contributed by atoms with Crippen LogP contribution in [-0.4, -0.2) is 64.9 Å². The van der Waals surface area contributed by atoms with E-state index in [4.69, 9.17) is 4.74 Å². The van der Waals surface area contributed by atoms with Gasteiger partial charge in [0.15, 0.2) is 0 Å². The van der Waals surface area contributed by atoms with Crippen LogP contribution >= 0.6 is 0 Å². The lowest BCUT2D eigenvalue weighted by molar-refractivity contribution is -0.385. The van der Waals surface area contributed by atoms with Crippen LogP contribution in [0, 0.1) is 17.0 Å². The molecule has 1 aromatic heterocycles. The number of ether oxygens (including phenoxy) is 1. The van der Waals surface area contributed by atoms with Gasteiger partial charge >= 0.3 is 5.69 Å². The fourth-order valence-electron chi connectivity index (χ4n) is 2.28.